The van der Waals surface area contributed by atoms with Gasteiger partial charge in [-0.1, -0.05) is 50.2 Å². The first kappa shape index (κ1) is 20.9. The van der Waals surface area contributed by atoms with Crippen LogP contribution in [0.3, 0.4) is 0 Å². The van der Waals surface area contributed by atoms with Gasteiger partial charge in [0.1, 0.15) is 0 Å². The molecule has 1 aliphatic heterocycles. The van der Waals surface area contributed by atoms with Crippen molar-refractivity contribution in [1.29, 1.82) is 0 Å². The second-order valence-electron chi connectivity index (χ2n) is 7.72. The molecule has 3 amide bonds. The lowest BCUT2D eigenvalue weighted by Crippen LogP contribution is -2.52. The number of benzene rings is 2. The van der Waals surface area contributed by atoms with Gasteiger partial charge in [0, 0.05) is 44.6 Å². The van der Waals surface area contributed by atoms with Crippen LogP contribution in [0.15, 0.2) is 54.6 Å². The topological polar surface area (TPSA) is 55.9 Å². The Morgan fingerprint density at radius 2 is 1.59 bits per heavy atom. The molecule has 1 saturated heterocycles. The summed E-state index contributed by atoms with van der Waals surface area (Å²) in [6.45, 7) is 7.19. The summed E-state index contributed by atoms with van der Waals surface area (Å²) in [7, 11) is 1.80. The van der Waals surface area contributed by atoms with Gasteiger partial charge in [0.05, 0.1) is 6.54 Å². The lowest BCUT2D eigenvalue weighted by atomic mass is 10.0. The van der Waals surface area contributed by atoms with E-state index in [4.69, 9.17) is 0 Å². The number of rotatable bonds is 5. The summed E-state index contributed by atoms with van der Waals surface area (Å²) in [4.78, 5) is 30.9. The maximum atomic E-state index is 12.7. The minimum Gasteiger partial charge on any atom is -0.322 e. The Morgan fingerprint density at radius 3 is 2.24 bits per heavy atom. The summed E-state index contributed by atoms with van der Waals surface area (Å²) in [5.41, 5.74) is 2.89. The lowest BCUT2D eigenvalue weighted by molar-refractivity contribution is -0.119. The molecule has 0 spiro atoms. The Labute approximate surface area is 173 Å². The Kier molecular flexibility index (Phi) is 6.88. The van der Waals surface area contributed by atoms with Crippen LogP contribution in [0.1, 0.15) is 25.3 Å². The number of amides is 3. The van der Waals surface area contributed by atoms with Gasteiger partial charge in [-0.25, -0.2) is 4.79 Å². The highest BCUT2D eigenvalue weighted by Gasteiger charge is 2.24. The van der Waals surface area contributed by atoms with Gasteiger partial charge in [-0.15, -0.1) is 0 Å². The van der Waals surface area contributed by atoms with Gasteiger partial charge < -0.3 is 15.1 Å². The molecule has 0 aliphatic carbocycles. The normalized spacial score (nSPS) is 14.7. The fourth-order valence-electron chi connectivity index (χ4n) is 3.51. The number of hydrogen-bond acceptors (Lipinski definition) is 3. The predicted molar refractivity (Wildman–Crippen MR) is 117 cm³/mol. The summed E-state index contributed by atoms with van der Waals surface area (Å²) in [5.74, 6) is 0.399. The second kappa shape index (κ2) is 9.56. The van der Waals surface area contributed by atoms with Crippen molar-refractivity contribution in [2.75, 3.05) is 50.0 Å². The van der Waals surface area contributed by atoms with Crippen LogP contribution in [0.2, 0.25) is 0 Å². The first-order valence-electron chi connectivity index (χ1n) is 10.1. The zero-order valence-electron chi connectivity index (χ0n) is 17.5. The van der Waals surface area contributed by atoms with Crippen molar-refractivity contribution in [3.63, 3.8) is 0 Å². The Hall–Kier alpha value is -2.86. The van der Waals surface area contributed by atoms with Crippen LogP contribution in [-0.4, -0.2) is 61.5 Å². The van der Waals surface area contributed by atoms with E-state index in [1.807, 2.05) is 59.5 Å². The maximum Gasteiger partial charge on any atom is 0.321 e. The molecule has 3 rings (SSSR count). The van der Waals surface area contributed by atoms with Crippen molar-refractivity contribution in [2.24, 2.45) is 0 Å². The predicted octanol–water partition coefficient (Wildman–Crippen LogP) is 3.62. The Morgan fingerprint density at radius 1 is 0.966 bits per heavy atom. The molecule has 6 nitrogen and oxygen atoms in total. The van der Waals surface area contributed by atoms with Crippen molar-refractivity contribution in [1.82, 2.24) is 9.80 Å². The molecule has 0 atom stereocenters. The molecule has 0 radical (unpaired) electrons. The standard InChI is InChI=1S/C23H30N4O2/c1-18(2)20-11-7-8-12-21(20)24-23(29)27-15-13-26(14-16-27)17-22(28)25(3)19-9-5-4-6-10-19/h4-12,18H,13-17H2,1-3H3,(H,24,29). The zero-order chi connectivity index (χ0) is 20.8. The highest BCUT2D eigenvalue weighted by Crippen LogP contribution is 2.24. The number of hydrogen-bond donors (Lipinski definition) is 1. The van der Waals surface area contributed by atoms with E-state index >= 15 is 0 Å². The van der Waals surface area contributed by atoms with Gasteiger partial charge in [-0.05, 0) is 29.7 Å². The van der Waals surface area contributed by atoms with Gasteiger partial charge >= 0.3 is 6.03 Å². The van der Waals surface area contributed by atoms with Gasteiger partial charge in [0.25, 0.3) is 0 Å². The molecule has 1 heterocycles. The third-order valence-electron chi connectivity index (χ3n) is 5.36. The van der Waals surface area contributed by atoms with Crippen molar-refractivity contribution in [2.45, 2.75) is 19.8 Å². The zero-order valence-corrected chi connectivity index (χ0v) is 17.5. The average molecular weight is 395 g/mol. The van der Waals surface area contributed by atoms with Crippen molar-refractivity contribution < 1.29 is 9.59 Å². The first-order chi connectivity index (χ1) is 14.0. The molecule has 0 unspecified atom stereocenters. The van der Waals surface area contributed by atoms with Crippen LogP contribution in [0.25, 0.3) is 0 Å². The molecule has 29 heavy (non-hydrogen) atoms. The summed E-state index contributed by atoms with van der Waals surface area (Å²) in [6.07, 6.45) is 0. The number of likely N-dealkylation sites (N-methyl/N-ethyl adjacent to an activating group) is 1. The first-order valence-corrected chi connectivity index (χ1v) is 10.1. The quantitative estimate of drug-likeness (QED) is 0.843. The molecular weight excluding hydrogens is 364 g/mol. The number of para-hydroxylation sites is 2. The number of anilines is 2. The molecule has 1 aliphatic rings. The van der Waals surface area contributed by atoms with E-state index in [1.54, 1.807) is 11.9 Å². The van der Waals surface area contributed by atoms with Crippen molar-refractivity contribution in [3.8, 4) is 0 Å². The molecule has 0 saturated carbocycles. The van der Waals surface area contributed by atoms with Crippen molar-refractivity contribution >= 4 is 23.3 Å². The third kappa shape index (κ3) is 5.35. The van der Waals surface area contributed by atoms with E-state index in [0.29, 0.717) is 38.6 Å². The third-order valence-corrected chi connectivity index (χ3v) is 5.36. The fraction of sp³-hybridized carbons (Fsp3) is 0.391. The van der Waals surface area contributed by atoms with Gasteiger partial charge in [-0.2, -0.15) is 0 Å². The van der Waals surface area contributed by atoms with Crippen LogP contribution in [0.4, 0.5) is 16.2 Å². The molecule has 2 aromatic carbocycles. The molecule has 154 valence electrons. The number of piperazine rings is 1. The molecule has 0 aromatic heterocycles. The average Bonchev–Trinajstić information content (AvgIpc) is 2.74. The fourth-order valence-corrected chi connectivity index (χ4v) is 3.51. The van der Waals surface area contributed by atoms with Crippen LogP contribution in [0, 0.1) is 0 Å². The van der Waals surface area contributed by atoms with E-state index in [2.05, 4.69) is 24.1 Å². The lowest BCUT2D eigenvalue weighted by Gasteiger charge is -2.35. The van der Waals surface area contributed by atoms with E-state index in [-0.39, 0.29) is 11.9 Å². The summed E-state index contributed by atoms with van der Waals surface area (Å²) in [5, 5.41) is 3.05. The minimum absolute atomic E-state index is 0.0555. The number of nitrogens with one attached hydrogen (secondary N) is 1. The smallest absolute Gasteiger partial charge is 0.321 e. The molecule has 1 N–H and O–H groups in total. The Bertz CT molecular complexity index is 830. The summed E-state index contributed by atoms with van der Waals surface area (Å²) < 4.78 is 0. The monoisotopic (exact) mass is 394 g/mol. The second-order valence-corrected chi connectivity index (χ2v) is 7.72. The molecule has 6 heteroatoms. The Balaban J connectivity index is 1.50. The van der Waals surface area contributed by atoms with Crippen LogP contribution in [-0.2, 0) is 4.79 Å². The van der Waals surface area contributed by atoms with Crippen LogP contribution >= 0.6 is 0 Å². The van der Waals surface area contributed by atoms with E-state index < -0.39 is 0 Å². The van der Waals surface area contributed by atoms with Gasteiger partial charge in [-0.3, -0.25) is 9.69 Å². The molecule has 1 fully saturated rings. The SMILES string of the molecule is CC(C)c1ccccc1NC(=O)N1CCN(CC(=O)N(C)c2ccccc2)CC1. The van der Waals surface area contributed by atoms with Gasteiger partial charge in [0.2, 0.25) is 5.91 Å². The van der Waals surface area contributed by atoms with E-state index in [0.717, 1.165) is 16.9 Å². The number of urea groups is 1. The van der Waals surface area contributed by atoms with Gasteiger partial charge in [0.15, 0.2) is 0 Å². The van der Waals surface area contributed by atoms with E-state index in [1.165, 1.54) is 0 Å². The number of carbonyl (C=O) groups excluding carboxylic acids is 2. The van der Waals surface area contributed by atoms with E-state index in [9.17, 15) is 9.59 Å². The largest absolute Gasteiger partial charge is 0.322 e. The summed E-state index contributed by atoms with van der Waals surface area (Å²) >= 11 is 0. The highest BCUT2D eigenvalue weighted by molar-refractivity contribution is 5.94. The van der Waals surface area contributed by atoms with Crippen LogP contribution < -0.4 is 10.2 Å². The molecule has 2 aromatic rings. The maximum absolute atomic E-state index is 12.7. The number of nitrogens with zero attached hydrogens (tertiary/aromatic N) is 3. The molecule has 0 bridgehead atoms. The summed E-state index contributed by atoms with van der Waals surface area (Å²) in [6, 6.07) is 17.5. The van der Waals surface area contributed by atoms with Crippen LogP contribution in [0.5, 0.6) is 0 Å². The van der Waals surface area contributed by atoms with Crippen molar-refractivity contribution in [3.05, 3.63) is 60.2 Å². The number of carbonyl (C=O) groups is 2. The molecular formula is C23H30N4O2. The minimum atomic E-state index is -0.0783. The highest BCUT2D eigenvalue weighted by atomic mass is 16.2.